The van der Waals surface area contributed by atoms with E-state index in [1.165, 1.54) is 6.92 Å². The van der Waals surface area contributed by atoms with Gasteiger partial charge in [-0.05, 0) is 17.7 Å². The first-order valence-electron chi connectivity index (χ1n) is 5.15. The Bertz CT molecular complexity index is 399. The minimum absolute atomic E-state index is 0.249. The van der Waals surface area contributed by atoms with E-state index in [0.717, 1.165) is 5.56 Å². The molecule has 0 unspecified atom stereocenters. The Balaban J connectivity index is 2.71. The van der Waals surface area contributed by atoms with Gasteiger partial charge in [0.2, 0.25) is 5.91 Å². The Morgan fingerprint density at radius 2 is 1.94 bits per heavy atom. The third kappa shape index (κ3) is 4.14. The van der Waals surface area contributed by atoms with Crippen LogP contribution in [0.2, 0.25) is 0 Å². The van der Waals surface area contributed by atoms with E-state index in [2.05, 4.69) is 5.32 Å². The van der Waals surface area contributed by atoms with Gasteiger partial charge in [0.15, 0.2) is 0 Å². The molecule has 0 bridgehead atoms. The number of benzene rings is 1. The molecular weight excluding hydrogens is 222 g/mol. The Labute approximate surface area is 99.4 Å². The molecule has 92 valence electrons. The number of hydrogen-bond acceptors (Lipinski definition) is 3. The molecule has 5 nitrogen and oxygen atoms in total. The van der Waals surface area contributed by atoms with Crippen LogP contribution in [-0.4, -0.2) is 30.1 Å². The van der Waals surface area contributed by atoms with Crippen molar-refractivity contribution in [3.63, 3.8) is 0 Å². The minimum Gasteiger partial charge on any atom is -0.497 e. The van der Waals surface area contributed by atoms with Gasteiger partial charge < -0.3 is 15.2 Å². The van der Waals surface area contributed by atoms with E-state index in [1.54, 1.807) is 31.4 Å². The summed E-state index contributed by atoms with van der Waals surface area (Å²) in [6.45, 7) is 1.30. The Kier molecular flexibility index (Phi) is 4.51. The highest BCUT2D eigenvalue weighted by Crippen LogP contribution is 2.12. The number of rotatable bonds is 5. The lowest BCUT2D eigenvalue weighted by molar-refractivity contribution is -0.141. The Hall–Kier alpha value is -2.04. The molecule has 0 aliphatic carbocycles. The molecule has 5 heteroatoms. The van der Waals surface area contributed by atoms with E-state index >= 15 is 0 Å². The summed E-state index contributed by atoms with van der Waals surface area (Å²) in [5, 5.41) is 11.3. The smallest absolute Gasteiger partial charge is 0.326 e. The Morgan fingerprint density at radius 3 is 2.35 bits per heavy atom. The highest BCUT2D eigenvalue weighted by Gasteiger charge is 2.18. The van der Waals surface area contributed by atoms with Gasteiger partial charge in [-0.2, -0.15) is 0 Å². The van der Waals surface area contributed by atoms with Crippen LogP contribution in [0, 0.1) is 0 Å². The Morgan fingerprint density at radius 1 is 1.35 bits per heavy atom. The zero-order chi connectivity index (χ0) is 12.8. The molecule has 0 aromatic heterocycles. The number of methoxy groups -OCH3 is 1. The summed E-state index contributed by atoms with van der Waals surface area (Å²) >= 11 is 0. The number of carbonyl (C=O) groups is 2. The number of carboxylic acids is 1. The normalized spacial score (nSPS) is 11.6. The number of aliphatic carboxylic acids is 1. The second kappa shape index (κ2) is 5.89. The first-order valence-corrected chi connectivity index (χ1v) is 5.15. The van der Waals surface area contributed by atoms with Crippen molar-refractivity contribution in [3.8, 4) is 5.75 Å². The first-order chi connectivity index (χ1) is 8.02. The van der Waals surface area contributed by atoms with Crippen LogP contribution in [0.25, 0.3) is 0 Å². The van der Waals surface area contributed by atoms with Crippen LogP contribution in [0.5, 0.6) is 5.75 Å². The predicted molar refractivity (Wildman–Crippen MR) is 61.9 cm³/mol. The van der Waals surface area contributed by atoms with Crippen LogP contribution in [-0.2, 0) is 16.0 Å². The van der Waals surface area contributed by atoms with Crippen LogP contribution in [0.15, 0.2) is 24.3 Å². The van der Waals surface area contributed by atoms with Gasteiger partial charge in [-0.15, -0.1) is 0 Å². The highest BCUT2D eigenvalue weighted by atomic mass is 16.5. The van der Waals surface area contributed by atoms with E-state index in [1.807, 2.05) is 0 Å². The summed E-state index contributed by atoms with van der Waals surface area (Å²) in [4.78, 5) is 21.8. The van der Waals surface area contributed by atoms with Gasteiger partial charge in [0.1, 0.15) is 11.8 Å². The van der Waals surface area contributed by atoms with Gasteiger partial charge in [-0.3, -0.25) is 4.79 Å². The van der Waals surface area contributed by atoms with Crippen molar-refractivity contribution in [2.24, 2.45) is 0 Å². The minimum atomic E-state index is -1.05. The standard InChI is InChI=1S/C12H15NO4/c1-8(14)13-11(12(15)16)7-9-3-5-10(17-2)6-4-9/h3-6,11H,7H2,1-2H3,(H,13,14)(H,15,16)/t11-/m1/s1. The number of nitrogens with one attached hydrogen (secondary N) is 1. The summed E-state index contributed by atoms with van der Waals surface area (Å²) in [7, 11) is 1.56. The summed E-state index contributed by atoms with van der Waals surface area (Å²) in [5.41, 5.74) is 0.826. The zero-order valence-electron chi connectivity index (χ0n) is 9.77. The van der Waals surface area contributed by atoms with Crippen molar-refractivity contribution in [2.75, 3.05) is 7.11 Å². The van der Waals surface area contributed by atoms with Gasteiger partial charge in [0.25, 0.3) is 0 Å². The molecule has 0 aliphatic rings. The van der Waals surface area contributed by atoms with E-state index in [0.29, 0.717) is 5.75 Å². The lowest BCUT2D eigenvalue weighted by Gasteiger charge is -2.13. The largest absolute Gasteiger partial charge is 0.497 e. The number of carboxylic acid groups (broad SMARTS) is 1. The molecule has 1 aromatic rings. The maximum absolute atomic E-state index is 10.9. The lowest BCUT2D eigenvalue weighted by atomic mass is 10.1. The van der Waals surface area contributed by atoms with Crippen LogP contribution in [0.3, 0.4) is 0 Å². The van der Waals surface area contributed by atoms with E-state index < -0.39 is 12.0 Å². The summed E-state index contributed by atoms with van der Waals surface area (Å²) in [5.74, 6) is -0.693. The zero-order valence-corrected chi connectivity index (χ0v) is 9.77. The molecule has 0 fully saturated rings. The van der Waals surface area contributed by atoms with Crippen LogP contribution < -0.4 is 10.1 Å². The summed E-state index contributed by atoms with van der Waals surface area (Å²) < 4.78 is 5.00. The number of carbonyl (C=O) groups excluding carboxylic acids is 1. The molecule has 0 heterocycles. The molecule has 2 N–H and O–H groups in total. The number of ether oxygens (including phenoxy) is 1. The average Bonchev–Trinajstić information content (AvgIpc) is 2.28. The monoisotopic (exact) mass is 237 g/mol. The third-order valence-corrected chi connectivity index (χ3v) is 2.27. The van der Waals surface area contributed by atoms with Crippen molar-refractivity contribution in [2.45, 2.75) is 19.4 Å². The summed E-state index contributed by atoms with van der Waals surface area (Å²) in [6, 6.07) is 6.15. The van der Waals surface area contributed by atoms with Crippen LogP contribution in [0.4, 0.5) is 0 Å². The quantitative estimate of drug-likeness (QED) is 0.795. The molecule has 1 aromatic carbocycles. The van der Waals surface area contributed by atoms with Crippen molar-refractivity contribution in [1.29, 1.82) is 0 Å². The van der Waals surface area contributed by atoms with Crippen molar-refractivity contribution < 1.29 is 19.4 Å². The molecule has 0 radical (unpaired) electrons. The number of hydrogen-bond donors (Lipinski definition) is 2. The van der Waals surface area contributed by atoms with Gasteiger partial charge in [0.05, 0.1) is 7.11 Å². The molecule has 0 saturated heterocycles. The van der Waals surface area contributed by atoms with Gasteiger partial charge in [-0.1, -0.05) is 12.1 Å². The van der Waals surface area contributed by atoms with E-state index in [-0.39, 0.29) is 12.3 Å². The maximum atomic E-state index is 10.9. The molecule has 0 spiro atoms. The molecule has 17 heavy (non-hydrogen) atoms. The fraction of sp³-hybridized carbons (Fsp3) is 0.333. The second-order valence-electron chi connectivity index (χ2n) is 3.64. The topological polar surface area (TPSA) is 75.6 Å². The fourth-order valence-corrected chi connectivity index (χ4v) is 1.44. The molecule has 1 amide bonds. The van der Waals surface area contributed by atoms with E-state index in [4.69, 9.17) is 9.84 Å². The second-order valence-corrected chi connectivity index (χ2v) is 3.64. The molecule has 1 atom stereocenters. The molecular formula is C12H15NO4. The van der Waals surface area contributed by atoms with Gasteiger partial charge in [-0.25, -0.2) is 4.79 Å². The molecule has 0 saturated carbocycles. The fourth-order valence-electron chi connectivity index (χ4n) is 1.44. The van der Waals surface area contributed by atoms with Crippen LogP contribution >= 0.6 is 0 Å². The van der Waals surface area contributed by atoms with Gasteiger partial charge >= 0.3 is 5.97 Å². The third-order valence-electron chi connectivity index (χ3n) is 2.27. The predicted octanol–water partition coefficient (Wildman–Crippen LogP) is 0.827. The van der Waals surface area contributed by atoms with Gasteiger partial charge in [0, 0.05) is 13.3 Å². The van der Waals surface area contributed by atoms with E-state index in [9.17, 15) is 9.59 Å². The SMILES string of the molecule is COc1ccc(C[C@@H](NC(C)=O)C(=O)O)cc1. The number of amides is 1. The molecule has 0 aliphatic heterocycles. The van der Waals surface area contributed by atoms with Crippen molar-refractivity contribution >= 4 is 11.9 Å². The maximum Gasteiger partial charge on any atom is 0.326 e. The molecule has 1 rings (SSSR count). The van der Waals surface area contributed by atoms with Crippen molar-refractivity contribution in [3.05, 3.63) is 29.8 Å². The lowest BCUT2D eigenvalue weighted by Crippen LogP contribution is -2.41. The summed E-state index contributed by atoms with van der Waals surface area (Å²) in [6.07, 6.45) is 0.249. The highest BCUT2D eigenvalue weighted by molar-refractivity contribution is 5.82. The van der Waals surface area contributed by atoms with Crippen LogP contribution in [0.1, 0.15) is 12.5 Å². The van der Waals surface area contributed by atoms with Crippen molar-refractivity contribution in [1.82, 2.24) is 5.32 Å². The first kappa shape index (κ1) is 13.0. The average molecular weight is 237 g/mol.